The summed E-state index contributed by atoms with van der Waals surface area (Å²) in [6.07, 6.45) is 6.74. The van der Waals surface area contributed by atoms with Crippen molar-refractivity contribution in [2.45, 2.75) is 51.5 Å². The van der Waals surface area contributed by atoms with Crippen LogP contribution in [0.15, 0.2) is 0 Å². The van der Waals surface area contributed by atoms with Crippen molar-refractivity contribution in [3.63, 3.8) is 0 Å². The molecule has 0 spiro atoms. The number of likely N-dealkylation sites (tertiary alicyclic amines) is 1. The molecule has 16 heavy (non-hydrogen) atoms. The monoisotopic (exact) mass is 224 g/mol. The van der Waals surface area contributed by atoms with Gasteiger partial charge in [0.2, 0.25) is 5.91 Å². The van der Waals surface area contributed by atoms with Gasteiger partial charge >= 0.3 is 0 Å². The second-order valence-corrected chi connectivity index (χ2v) is 5.54. The van der Waals surface area contributed by atoms with Gasteiger partial charge in [-0.2, -0.15) is 0 Å². The average Bonchev–Trinajstić information content (AvgIpc) is 2.32. The van der Waals surface area contributed by atoms with Crippen LogP contribution < -0.4 is 5.73 Å². The molecule has 92 valence electrons. The Kier molecular flexibility index (Phi) is 3.85. The summed E-state index contributed by atoms with van der Waals surface area (Å²) in [5.74, 6) is 1.10. The molecule has 2 N–H and O–H groups in total. The maximum absolute atomic E-state index is 12.4. The number of carbonyl (C=O) groups excluding carboxylic acids is 1. The lowest BCUT2D eigenvalue weighted by molar-refractivity contribution is -0.139. The van der Waals surface area contributed by atoms with Gasteiger partial charge in [-0.3, -0.25) is 4.79 Å². The van der Waals surface area contributed by atoms with Crippen molar-refractivity contribution in [3.8, 4) is 0 Å². The van der Waals surface area contributed by atoms with Crippen LogP contribution in [0, 0.1) is 11.8 Å². The molecule has 0 bridgehead atoms. The van der Waals surface area contributed by atoms with Gasteiger partial charge in [-0.15, -0.1) is 0 Å². The highest BCUT2D eigenvalue weighted by Gasteiger charge is 2.34. The van der Waals surface area contributed by atoms with E-state index >= 15 is 0 Å². The molecule has 0 aromatic carbocycles. The van der Waals surface area contributed by atoms with E-state index in [1.165, 1.54) is 19.3 Å². The first-order valence-corrected chi connectivity index (χ1v) is 6.73. The van der Waals surface area contributed by atoms with Crippen LogP contribution in [-0.2, 0) is 4.79 Å². The number of hydrogen-bond donors (Lipinski definition) is 1. The molecule has 3 nitrogen and oxygen atoms in total. The molecular formula is C13H24N2O. The van der Waals surface area contributed by atoms with E-state index < -0.39 is 0 Å². The predicted octanol–water partition coefficient (Wildman–Crippen LogP) is 1.76. The Labute approximate surface area is 98.4 Å². The highest BCUT2D eigenvalue weighted by Crippen LogP contribution is 2.31. The first-order chi connectivity index (χ1) is 7.68. The van der Waals surface area contributed by atoms with E-state index in [1.54, 1.807) is 0 Å². The SMILES string of the molecule is CC1CCC(N)CC1C(=O)N1CCCCC1. The summed E-state index contributed by atoms with van der Waals surface area (Å²) < 4.78 is 0. The summed E-state index contributed by atoms with van der Waals surface area (Å²) in [6.45, 7) is 4.15. The van der Waals surface area contributed by atoms with Crippen LogP contribution in [0.25, 0.3) is 0 Å². The number of hydrogen-bond acceptors (Lipinski definition) is 2. The van der Waals surface area contributed by atoms with E-state index in [0.717, 1.165) is 32.4 Å². The topological polar surface area (TPSA) is 46.3 Å². The molecule has 1 saturated heterocycles. The molecule has 3 heteroatoms. The van der Waals surface area contributed by atoms with Crippen LogP contribution in [0.3, 0.4) is 0 Å². The number of nitrogens with two attached hydrogens (primary N) is 1. The molecule has 1 aliphatic carbocycles. The van der Waals surface area contributed by atoms with Crippen molar-refractivity contribution < 1.29 is 4.79 Å². The Hall–Kier alpha value is -0.570. The molecule has 2 rings (SSSR count). The van der Waals surface area contributed by atoms with Gasteiger partial charge in [-0.05, 0) is 44.4 Å². The van der Waals surface area contributed by atoms with Gasteiger partial charge in [0.1, 0.15) is 0 Å². The molecule has 1 amide bonds. The van der Waals surface area contributed by atoms with Crippen LogP contribution in [0.1, 0.15) is 45.4 Å². The Morgan fingerprint density at radius 1 is 1.19 bits per heavy atom. The lowest BCUT2D eigenvalue weighted by atomic mass is 9.77. The molecule has 2 fully saturated rings. The van der Waals surface area contributed by atoms with Crippen LogP contribution in [0.2, 0.25) is 0 Å². The summed E-state index contributed by atoms with van der Waals surface area (Å²) in [6, 6.07) is 0.245. The van der Waals surface area contributed by atoms with E-state index in [9.17, 15) is 4.79 Å². The standard InChI is InChI=1S/C13H24N2O/c1-10-5-6-11(14)9-12(10)13(16)15-7-3-2-4-8-15/h10-12H,2-9,14H2,1H3. The molecule has 2 aliphatic rings. The molecule has 0 aromatic heterocycles. The van der Waals surface area contributed by atoms with E-state index in [0.29, 0.717) is 11.8 Å². The summed E-state index contributed by atoms with van der Waals surface area (Å²) >= 11 is 0. The fourth-order valence-corrected chi connectivity index (χ4v) is 3.05. The van der Waals surface area contributed by atoms with Crippen LogP contribution in [0.4, 0.5) is 0 Å². The van der Waals surface area contributed by atoms with E-state index in [-0.39, 0.29) is 12.0 Å². The number of carbonyl (C=O) groups is 1. The first kappa shape index (κ1) is 11.9. The fourth-order valence-electron chi connectivity index (χ4n) is 3.05. The van der Waals surface area contributed by atoms with Gasteiger partial charge in [-0.1, -0.05) is 6.92 Å². The number of nitrogens with zero attached hydrogens (tertiary/aromatic N) is 1. The molecule has 0 radical (unpaired) electrons. The van der Waals surface area contributed by atoms with Crippen molar-refractivity contribution in [1.82, 2.24) is 4.90 Å². The van der Waals surface area contributed by atoms with E-state index in [1.807, 2.05) is 0 Å². The Morgan fingerprint density at radius 3 is 2.56 bits per heavy atom. The second-order valence-electron chi connectivity index (χ2n) is 5.54. The van der Waals surface area contributed by atoms with Gasteiger partial charge in [0.15, 0.2) is 0 Å². The van der Waals surface area contributed by atoms with Crippen molar-refractivity contribution >= 4 is 5.91 Å². The first-order valence-electron chi connectivity index (χ1n) is 6.73. The van der Waals surface area contributed by atoms with Gasteiger partial charge < -0.3 is 10.6 Å². The van der Waals surface area contributed by atoms with Crippen molar-refractivity contribution in [3.05, 3.63) is 0 Å². The summed E-state index contributed by atoms with van der Waals surface area (Å²) in [7, 11) is 0. The van der Waals surface area contributed by atoms with Crippen molar-refractivity contribution in [2.24, 2.45) is 17.6 Å². The molecule has 0 aromatic rings. The van der Waals surface area contributed by atoms with Crippen LogP contribution in [-0.4, -0.2) is 29.9 Å². The highest BCUT2D eigenvalue weighted by atomic mass is 16.2. The maximum atomic E-state index is 12.4. The zero-order valence-electron chi connectivity index (χ0n) is 10.3. The predicted molar refractivity (Wildman–Crippen MR) is 64.9 cm³/mol. The Morgan fingerprint density at radius 2 is 1.88 bits per heavy atom. The fraction of sp³-hybridized carbons (Fsp3) is 0.923. The molecule has 1 heterocycles. The quantitative estimate of drug-likeness (QED) is 0.737. The highest BCUT2D eigenvalue weighted by molar-refractivity contribution is 5.79. The second kappa shape index (κ2) is 5.17. The molecule has 1 aliphatic heterocycles. The van der Waals surface area contributed by atoms with E-state index in [4.69, 9.17) is 5.73 Å². The van der Waals surface area contributed by atoms with Crippen LogP contribution in [0.5, 0.6) is 0 Å². The minimum atomic E-state index is 0.196. The van der Waals surface area contributed by atoms with Crippen molar-refractivity contribution in [2.75, 3.05) is 13.1 Å². The minimum absolute atomic E-state index is 0.196. The van der Waals surface area contributed by atoms with Crippen molar-refractivity contribution in [1.29, 1.82) is 0 Å². The Balaban J connectivity index is 1.96. The molecule has 3 atom stereocenters. The zero-order chi connectivity index (χ0) is 11.5. The summed E-state index contributed by atoms with van der Waals surface area (Å²) in [4.78, 5) is 14.5. The third kappa shape index (κ3) is 2.57. The summed E-state index contributed by atoms with van der Waals surface area (Å²) in [5, 5.41) is 0. The van der Waals surface area contributed by atoms with Gasteiger partial charge in [-0.25, -0.2) is 0 Å². The lowest BCUT2D eigenvalue weighted by Gasteiger charge is -2.36. The lowest BCUT2D eigenvalue weighted by Crippen LogP contribution is -2.45. The van der Waals surface area contributed by atoms with Crippen LogP contribution >= 0.6 is 0 Å². The van der Waals surface area contributed by atoms with Gasteiger partial charge in [0.25, 0.3) is 0 Å². The smallest absolute Gasteiger partial charge is 0.226 e. The largest absolute Gasteiger partial charge is 0.342 e. The molecular weight excluding hydrogens is 200 g/mol. The molecule has 3 unspecified atom stereocenters. The number of piperidine rings is 1. The average molecular weight is 224 g/mol. The van der Waals surface area contributed by atoms with E-state index in [2.05, 4.69) is 11.8 Å². The molecule has 1 saturated carbocycles. The number of rotatable bonds is 1. The third-order valence-electron chi connectivity index (χ3n) is 4.22. The normalized spacial score (nSPS) is 36.1. The minimum Gasteiger partial charge on any atom is -0.342 e. The summed E-state index contributed by atoms with van der Waals surface area (Å²) in [5.41, 5.74) is 5.98. The maximum Gasteiger partial charge on any atom is 0.226 e. The van der Waals surface area contributed by atoms with Gasteiger partial charge in [0, 0.05) is 25.0 Å². The Bertz CT molecular complexity index is 248. The third-order valence-corrected chi connectivity index (χ3v) is 4.22. The zero-order valence-corrected chi connectivity index (χ0v) is 10.3. The van der Waals surface area contributed by atoms with Gasteiger partial charge in [0.05, 0.1) is 0 Å². The number of amides is 1.